The molecule has 0 fully saturated rings. The van der Waals surface area contributed by atoms with Gasteiger partial charge in [-0.25, -0.2) is 0 Å². The van der Waals surface area contributed by atoms with E-state index in [9.17, 15) is 15.0 Å². The average Bonchev–Trinajstić information content (AvgIpc) is 2.22. The maximum atomic E-state index is 10.4. The van der Waals surface area contributed by atoms with Crippen LogP contribution in [0.15, 0.2) is 0 Å². The highest BCUT2D eigenvalue weighted by Gasteiger charge is 2.31. The van der Waals surface area contributed by atoms with Gasteiger partial charge in [-0.05, 0) is 6.92 Å². The molecule has 14 heavy (non-hydrogen) atoms. The van der Waals surface area contributed by atoms with Crippen LogP contribution in [0, 0.1) is 0 Å². The lowest BCUT2D eigenvalue weighted by atomic mass is 10.0. The number of ether oxygens (including phenoxy) is 1. The Balaban J connectivity index is 4.25. The first kappa shape index (κ1) is 13.5. The molecule has 84 valence electrons. The van der Waals surface area contributed by atoms with Crippen LogP contribution in [0.3, 0.4) is 0 Å². The van der Waals surface area contributed by atoms with Crippen LogP contribution in [0.5, 0.6) is 0 Å². The number of carbonyl (C=O) groups excluding carboxylic acids is 1. The van der Waals surface area contributed by atoms with Gasteiger partial charge in [-0.1, -0.05) is 0 Å². The van der Waals surface area contributed by atoms with Crippen LogP contribution in [-0.2, 0) is 9.53 Å². The van der Waals surface area contributed by atoms with Gasteiger partial charge in [0, 0.05) is 6.61 Å². The molecule has 0 heterocycles. The minimum Gasteiger partial charge on any atom is -0.394 e. The molecule has 0 aromatic heterocycles. The number of rotatable bonds is 7. The molecule has 0 aromatic carbocycles. The fraction of sp³-hybridized carbons (Fsp3) is 0.875. The van der Waals surface area contributed by atoms with Crippen molar-refractivity contribution in [3.8, 4) is 0 Å². The van der Waals surface area contributed by atoms with E-state index >= 15 is 0 Å². The maximum absolute atomic E-state index is 10.4. The smallest absolute Gasteiger partial charge is 0.151 e. The summed E-state index contributed by atoms with van der Waals surface area (Å²) in [5.74, 6) is 0. The highest BCUT2D eigenvalue weighted by molar-refractivity contribution is 5.57. The summed E-state index contributed by atoms with van der Waals surface area (Å²) in [5, 5.41) is 36.0. The standard InChI is InChI=1S/C8H16O6/c1-2-14-6(4-10)8(13)7(12)5(11)3-9/h4-9,11-13H,2-3H2,1H3/t5-,6+,7-,8-/m1/s1. The zero-order valence-electron chi connectivity index (χ0n) is 7.91. The summed E-state index contributed by atoms with van der Waals surface area (Å²) in [4.78, 5) is 10.4. The van der Waals surface area contributed by atoms with Crippen molar-refractivity contribution < 1.29 is 30.0 Å². The van der Waals surface area contributed by atoms with E-state index in [1.807, 2.05) is 0 Å². The van der Waals surface area contributed by atoms with E-state index in [4.69, 9.17) is 14.9 Å². The number of aliphatic hydroxyl groups is 4. The van der Waals surface area contributed by atoms with Gasteiger partial charge < -0.3 is 30.0 Å². The molecule has 0 aromatic rings. The molecule has 0 aliphatic carbocycles. The first-order valence-corrected chi connectivity index (χ1v) is 4.30. The van der Waals surface area contributed by atoms with Gasteiger partial charge in [-0.15, -0.1) is 0 Å². The summed E-state index contributed by atoms with van der Waals surface area (Å²) < 4.78 is 4.80. The number of carbonyl (C=O) groups is 1. The zero-order valence-corrected chi connectivity index (χ0v) is 7.91. The number of aliphatic hydroxyl groups excluding tert-OH is 4. The number of hydrogen-bond acceptors (Lipinski definition) is 6. The van der Waals surface area contributed by atoms with Gasteiger partial charge in [0.2, 0.25) is 0 Å². The Kier molecular flexibility index (Phi) is 6.60. The molecule has 0 aliphatic heterocycles. The van der Waals surface area contributed by atoms with Crippen LogP contribution in [0.1, 0.15) is 6.92 Å². The normalized spacial score (nSPS) is 19.8. The summed E-state index contributed by atoms with van der Waals surface area (Å²) in [6.07, 6.45) is -5.51. The minimum atomic E-state index is -1.61. The van der Waals surface area contributed by atoms with E-state index in [-0.39, 0.29) is 6.61 Å². The third kappa shape index (κ3) is 3.69. The van der Waals surface area contributed by atoms with Crippen LogP contribution in [0.25, 0.3) is 0 Å². The van der Waals surface area contributed by atoms with E-state index in [1.165, 1.54) is 0 Å². The van der Waals surface area contributed by atoms with Gasteiger partial charge in [0.25, 0.3) is 0 Å². The molecule has 0 unspecified atom stereocenters. The molecule has 4 N–H and O–H groups in total. The Hall–Kier alpha value is -0.530. The van der Waals surface area contributed by atoms with Crippen LogP contribution in [-0.4, -0.2) is 64.3 Å². The van der Waals surface area contributed by atoms with Crippen LogP contribution in [0.4, 0.5) is 0 Å². The topological polar surface area (TPSA) is 107 Å². The van der Waals surface area contributed by atoms with Crippen molar-refractivity contribution >= 4 is 6.29 Å². The molecule has 0 bridgehead atoms. The fourth-order valence-electron chi connectivity index (χ4n) is 0.941. The summed E-state index contributed by atoms with van der Waals surface area (Å²) in [6.45, 7) is 1.12. The predicted molar refractivity (Wildman–Crippen MR) is 46.6 cm³/mol. The van der Waals surface area contributed by atoms with Crippen molar-refractivity contribution in [2.24, 2.45) is 0 Å². The Morgan fingerprint density at radius 3 is 2.21 bits per heavy atom. The average molecular weight is 208 g/mol. The highest BCUT2D eigenvalue weighted by atomic mass is 16.5. The maximum Gasteiger partial charge on any atom is 0.151 e. The van der Waals surface area contributed by atoms with E-state index in [0.29, 0.717) is 6.29 Å². The molecule has 6 nitrogen and oxygen atoms in total. The van der Waals surface area contributed by atoms with Crippen LogP contribution < -0.4 is 0 Å². The third-order valence-electron chi connectivity index (χ3n) is 1.76. The summed E-state index contributed by atoms with van der Waals surface area (Å²) in [7, 11) is 0. The molecule has 0 rings (SSSR count). The quantitative estimate of drug-likeness (QED) is 0.349. The Bertz CT molecular complexity index is 162. The lowest BCUT2D eigenvalue weighted by molar-refractivity contribution is -0.145. The Morgan fingerprint density at radius 2 is 1.86 bits per heavy atom. The SMILES string of the molecule is CCO[C@@H](C=O)[C@@H](O)[C@H](O)[C@H](O)CO. The van der Waals surface area contributed by atoms with Gasteiger partial charge in [-0.2, -0.15) is 0 Å². The molecule has 4 atom stereocenters. The molecule has 0 saturated carbocycles. The third-order valence-corrected chi connectivity index (χ3v) is 1.76. The molecule has 0 spiro atoms. The second-order valence-corrected chi connectivity index (χ2v) is 2.79. The van der Waals surface area contributed by atoms with Gasteiger partial charge >= 0.3 is 0 Å². The van der Waals surface area contributed by atoms with E-state index in [1.54, 1.807) is 6.92 Å². The summed E-state index contributed by atoms with van der Waals surface area (Å²) in [6, 6.07) is 0. The van der Waals surface area contributed by atoms with Gasteiger partial charge in [0.05, 0.1) is 6.61 Å². The molecule has 0 saturated heterocycles. The van der Waals surface area contributed by atoms with E-state index in [2.05, 4.69) is 0 Å². The Labute approximate surface area is 81.7 Å². The molecule has 0 radical (unpaired) electrons. The molecule has 0 aliphatic rings. The number of aldehydes is 1. The highest BCUT2D eigenvalue weighted by Crippen LogP contribution is 2.06. The van der Waals surface area contributed by atoms with Crippen molar-refractivity contribution in [1.82, 2.24) is 0 Å². The lowest BCUT2D eigenvalue weighted by Gasteiger charge is -2.25. The van der Waals surface area contributed by atoms with E-state index < -0.39 is 31.0 Å². The van der Waals surface area contributed by atoms with Crippen molar-refractivity contribution in [3.05, 3.63) is 0 Å². The van der Waals surface area contributed by atoms with Crippen molar-refractivity contribution in [3.63, 3.8) is 0 Å². The van der Waals surface area contributed by atoms with Gasteiger partial charge in [0.1, 0.15) is 24.4 Å². The van der Waals surface area contributed by atoms with E-state index in [0.717, 1.165) is 0 Å². The second-order valence-electron chi connectivity index (χ2n) is 2.79. The van der Waals surface area contributed by atoms with Crippen molar-refractivity contribution in [1.29, 1.82) is 0 Å². The monoisotopic (exact) mass is 208 g/mol. The fourth-order valence-corrected chi connectivity index (χ4v) is 0.941. The van der Waals surface area contributed by atoms with Crippen molar-refractivity contribution in [2.45, 2.75) is 31.3 Å². The second kappa shape index (κ2) is 6.86. The van der Waals surface area contributed by atoms with Crippen LogP contribution in [0.2, 0.25) is 0 Å². The minimum absolute atomic E-state index is 0.197. The lowest BCUT2D eigenvalue weighted by Crippen LogP contribution is -2.47. The summed E-state index contributed by atoms with van der Waals surface area (Å²) in [5.41, 5.74) is 0. The van der Waals surface area contributed by atoms with Crippen molar-refractivity contribution in [2.75, 3.05) is 13.2 Å². The molecule has 6 heteroatoms. The molecule has 0 amide bonds. The van der Waals surface area contributed by atoms with Gasteiger partial charge in [0.15, 0.2) is 6.29 Å². The predicted octanol–water partition coefficient (Wildman–Crippen LogP) is -2.33. The first-order chi connectivity index (χ1) is 6.58. The first-order valence-electron chi connectivity index (χ1n) is 4.30. The zero-order chi connectivity index (χ0) is 11.1. The molecular weight excluding hydrogens is 192 g/mol. The largest absolute Gasteiger partial charge is 0.394 e. The summed E-state index contributed by atoms with van der Waals surface area (Å²) >= 11 is 0. The van der Waals surface area contributed by atoms with Crippen LogP contribution >= 0.6 is 0 Å². The molecular formula is C8H16O6. The van der Waals surface area contributed by atoms with Gasteiger partial charge in [-0.3, -0.25) is 0 Å². The number of hydrogen-bond donors (Lipinski definition) is 4. The Morgan fingerprint density at radius 1 is 1.29 bits per heavy atom.